The number of hydrogen-bond donors (Lipinski definition) is 1. The first kappa shape index (κ1) is 10.2. The van der Waals surface area contributed by atoms with E-state index in [1.165, 1.54) is 0 Å². The van der Waals surface area contributed by atoms with Gasteiger partial charge < -0.3 is 5.32 Å². The van der Waals surface area contributed by atoms with Crippen LogP contribution < -0.4 is 5.32 Å². The number of rotatable bonds is 4. The summed E-state index contributed by atoms with van der Waals surface area (Å²) in [5.74, 6) is -0.638. The quantitative estimate of drug-likeness (QED) is 0.443. The van der Waals surface area contributed by atoms with Gasteiger partial charge in [-0.15, -0.1) is 6.58 Å². The number of nitrogens with one attached hydrogen (secondary N) is 1. The summed E-state index contributed by atoms with van der Waals surface area (Å²) in [7, 11) is 0. The summed E-state index contributed by atoms with van der Waals surface area (Å²) in [6.07, 6.45) is 2.85. The third-order valence-corrected chi connectivity index (χ3v) is 1.71. The molecule has 14 heavy (non-hydrogen) atoms. The molecule has 3 heteroatoms. The van der Waals surface area contributed by atoms with E-state index in [4.69, 9.17) is 0 Å². The van der Waals surface area contributed by atoms with Gasteiger partial charge in [-0.2, -0.15) is 0 Å². The van der Waals surface area contributed by atoms with Crippen molar-refractivity contribution in [3.63, 3.8) is 0 Å². The Morgan fingerprint density at radius 3 is 2.50 bits per heavy atom. The van der Waals surface area contributed by atoms with Crippen LogP contribution in [0.5, 0.6) is 0 Å². The highest BCUT2D eigenvalue weighted by atomic mass is 16.2. The molecular formula is C11H11NO2. The smallest absolute Gasteiger partial charge is 0.288 e. The van der Waals surface area contributed by atoms with E-state index in [9.17, 15) is 9.59 Å². The van der Waals surface area contributed by atoms with Crippen LogP contribution in [0.1, 0.15) is 5.56 Å². The van der Waals surface area contributed by atoms with Gasteiger partial charge in [0.15, 0.2) is 0 Å². The van der Waals surface area contributed by atoms with E-state index in [1.807, 2.05) is 12.1 Å². The molecular weight excluding hydrogens is 178 g/mol. The van der Waals surface area contributed by atoms with Crippen LogP contribution in [0, 0.1) is 0 Å². The second-order valence-corrected chi connectivity index (χ2v) is 2.80. The van der Waals surface area contributed by atoms with Crippen molar-refractivity contribution < 1.29 is 9.59 Å². The standard InChI is InChI=1S/C11H11NO2/c1-2-3-9-4-6-10(7-5-9)12-11(14)8-13/h2,4-8H,1,3H2,(H,12,14). The number of benzene rings is 1. The van der Waals surface area contributed by atoms with Crippen molar-refractivity contribution in [2.45, 2.75) is 6.42 Å². The minimum Gasteiger partial charge on any atom is -0.320 e. The van der Waals surface area contributed by atoms with Crippen LogP contribution in [0.25, 0.3) is 0 Å². The molecule has 0 saturated heterocycles. The summed E-state index contributed by atoms with van der Waals surface area (Å²) in [5.41, 5.74) is 1.74. The topological polar surface area (TPSA) is 46.2 Å². The normalized spacial score (nSPS) is 9.14. The molecule has 0 fully saturated rings. The molecule has 1 amide bonds. The van der Waals surface area contributed by atoms with Crippen LogP contribution in [0.15, 0.2) is 36.9 Å². The molecule has 0 atom stereocenters. The van der Waals surface area contributed by atoms with Crippen LogP contribution in [0.2, 0.25) is 0 Å². The van der Waals surface area contributed by atoms with Crippen molar-refractivity contribution in [3.8, 4) is 0 Å². The van der Waals surface area contributed by atoms with Crippen LogP contribution in [0.3, 0.4) is 0 Å². The van der Waals surface area contributed by atoms with Gasteiger partial charge in [0.1, 0.15) is 0 Å². The van der Waals surface area contributed by atoms with Crippen molar-refractivity contribution in [1.82, 2.24) is 0 Å². The van der Waals surface area contributed by atoms with Gasteiger partial charge in [0.2, 0.25) is 6.29 Å². The number of hydrogen-bond acceptors (Lipinski definition) is 2. The van der Waals surface area contributed by atoms with E-state index in [-0.39, 0.29) is 6.29 Å². The maximum atomic E-state index is 10.7. The van der Waals surface area contributed by atoms with E-state index < -0.39 is 5.91 Å². The summed E-state index contributed by atoms with van der Waals surface area (Å²) in [4.78, 5) is 20.7. The monoisotopic (exact) mass is 189 g/mol. The fourth-order valence-electron chi connectivity index (χ4n) is 1.06. The number of carbonyl (C=O) groups excluding carboxylic acids is 2. The van der Waals surface area contributed by atoms with Crippen LogP contribution >= 0.6 is 0 Å². The summed E-state index contributed by atoms with van der Waals surface area (Å²) in [5, 5.41) is 2.43. The second kappa shape index (κ2) is 4.97. The first-order chi connectivity index (χ1) is 6.76. The molecule has 0 aliphatic rings. The lowest BCUT2D eigenvalue weighted by molar-refractivity contribution is -0.127. The van der Waals surface area contributed by atoms with Gasteiger partial charge in [-0.05, 0) is 24.1 Å². The van der Waals surface area contributed by atoms with E-state index in [2.05, 4.69) is 11.9 Å². The molecule has 0 bridgehead atoms. The third-order valence-electron chi connectivity index (χ3n) is 1.71. The first-order valence-electron chi connectivity index (χ1n) is 4.22. The molecule has 72 valence electrons. The highest BCUT2D eigenvalue weighted by Crippen LogP contribution is 2.09. The summed E-state index contributed by atoms with van der Waals surface area (Å²) >= 11 is 0. The molecule has 0 unspecified atom stereocenters. The molecule has 0 aliphatic heterocycles. The minimum absolute atomic E-state index is 0.248. The van der Waals surface area contributed by atoms with Gasteiger partial charge in [0.05, 0.1) is 0 Å². The molecule has 1 aromatic rings. The highest BCUT2D eigenvalue weighted by Gasteiger charge is 1.98. The number of aldehydes is 1. The molecule has 0 spiro atoms. The highest BCUT2D eigenvalue weighted by molar-refractivity contribution is 6.29. The molecule has 0 heterocycles. The van der Waals surface area contributed by atoms with Crippen molar-refractivity contribution in [1.29, 1.82) is 0 Å². The molecule has 3 nitrogen and oxygen atoms in total. The molecule has 1 rings (SSSR count). The molecule has 0 aliphatic carbocycles. The Balaban J connectivity index is 2.68. The lowest BCUT2D eigenvalue weighted by Crippen LogP contribution is -2.11. The predicted octanol–water partition coefficient (Wildman–Crippen LogP) is 1.55. The Bertz CT molecular complexity index is 341. The second-order valence-electron chi connectivity index (χ2n) is 2.80. The Labute approximate surface area is 82.4 Å². The molecule has 0 saturated carbocycles. The predicted molar refractivity (Wildman–Crippen MR) is 55.0 cm³/mol. The number of allylic oxidation sites excluding steroid dienone is 1. The molecule has 1 N–H and O–H groups in total. The maximum Gasteiger partial charge on any atom is 0.288 e. The zero-order chi connectivity index (χ0) is 10.4. The van der Waals surface area contributed by atoms with Crippen molar-refractivity contribution in [2.75, 3.05) is 5.32 Å². The lowest BCUT2D eigenvalue weighted by atomic mass is 10.1. The van der Waals surface area contributed by atoms with Crippen LogP contribution in [0.4, 0.5) is 5.69 Å². The SMILES string of the molecule is C=CCc1ccc(NC(=O)C=O)cc1. The molecule has 0 aromatic heterocycles. The van der Waals surface area contributed by atoms with Crippen molar-refractivity contribution in [3.05, 3.63) is 42.5 Å². The van der Waals surface area contributed by atoms with Gasteiger partial charge in [-0.3, -0.25) is 9.59 Å². The van der Waals surface area contributed by atoms with Crippen molar-refractivity contribution in [2.24, 2.45) is 0 Å². The fourth-order valence-corrected chi connectivity index (χ4v) is 1.06. The minimum atomic E-state index is -0.638. The van der Waals surface area contributed by atoms with Crippen LogP contribution in [-0.2, 0) is 16.0 Å². The van der Waals surface area contributed by atoms with Gasteiger partial charge in [0.25, 0.3) is 5.91 Å². The van der Waals surface area contributed by atoms with E-state index in [0.29, 0.717) is 5.69 Å². The zero-order valence-corrected chi connectivity index (χ0v) is 7.69. The number of carbonyl (C=O) groups is 2. The van der Waals surface area contributed by atoms with Gasteiger partial charge in [0, 0.05) is 5.69 Å². The van der Waals surface area contributed by atoms with E-state index in [0.717, 1.165) is 12.0 Å². The maximum absolute atomic E-state index is 10.7. The number of amides is 1. The van der Waals surface area contributed by atoms with Gasteiger partial charge >= 0.3 is 0 Å². The Kier molecular flexibility index (Phi) is 3.61. The fraction of sp³-hybridized carbons (Fsp3) is 0.0909. The Morgan fingerprint density at radius 1 is 1.36 bits per heavy atom. The largest absolute Gasteiger partial charge is 0.320 e. The van der Waals surface area contributed by atoms with E-state index in [1.54, 1.807) is 18.2 Å². The van der Waals surface area contributed by atoms with Crippen molar-refractivity contribution >= 4 is 17.9 Å². The third kappa shape index (κ3) is 2.86. The molecule has 1 aromatic carbocycles. The summed E-state index contributed by atoms with van der Waals surface area (Å²) in [6.45, 7) is 3.62. The zero-order valence-electron chi connectivity index (χ0n) is 7.69. The Hall–Kier alpha value is -1.90. The van der Waals surface area contributed by atoms with Gasteiger partial charge in [-0.1, -0.05) is 18.2 Å². The van der Waals surface area contributed by atoms with E-state index >= 15 is 0 Å². The van der Waals surface area contributed by atoms with Gasteiger partial charge in [-0.25, -0.2) is 0 Å². The first-order valence-corrected chi connectivity index (χ1v) is 4.22. The summed E-state index contributed by atoms with van der Waals surface area (Å²) in [6, 6.07) is 7.25. The average Bonchev–Trinajstić information content (AvgIpc) is 2.21. The average molecular weight is 189 g/mol. The number of anilines is 1. The Morgan fingerprint density at radius 2 is 2.00 bits per heavy atom. The lowest BCUT2D eigenvalue weighted by Gasteiger charge is -2.01. The van der Waals surface area contributed by atoms with Crippen LogP contribution in [-0.4, -0.2) is 12.2 Å². The molecule has 0 radical (unpaired) electrons. The summed E-state index contributed by atoms with van der Waals surface area (Å²) < 4.78 is 0.